The average Bonchev–Trinajstić information content (AvgIpc) is 2.53. The van der Waals surface area contributed by atoms with Crippen LogP contribution in [0.3, 0.4) is 0 Å². The van der Waals surface area contributed by atoms with Crippen molar-refractivity contribution in [1.29, 1.82) is 0 Å². The molecule has 0 saturated carbocycles. The van der Waals surface area contributed by atoms with Crippen LogP contribution in [0.5, 0.6) is 0 Å². The molecule has 2 saturated heterocycles. The minimum atomic E-state index is -0.779. The number of hydrogen-bond acceptors (Lipinski definition) is 2. The highest BCUT2D eigenvalue weighted by Gasteiger charge is 2.43. The van der Waals surface area contributed by atoms with Gasteiger partial charge >= 0.3 is 6.09 Å². The highest BCUT2D eigenvalue weighted by molar-refractivity contribution is 5.66. The zero-order valence-electron chi connectivity index (χ0n) is 7.16. The van der Waals surface area contributed by atoms with Crippen LogP contribution in [-0.2, 0) is 0 Å². The minimum Gasteiger partial charge on any atom is -0.465 e. The van der Waals surface area contributed by atoms with E-state index in [1.54, 1.807) is 4.90 Å². The Morgan fingerprint density at radius 2 is 2.42 bits per heavy atom. The van der Waals surface area contributed by atoms with Gasteiger partial charge in [0.1, 0.15) is 0 Å². The predicted molar refractivity (Wildman–Crippen MR) is 44.1 cm³/mol. The van der Waals surface area contributed by atoms with Crippen LogP contribution in [0, 0.1) is 5.92 Å². The van der Waals surface area contributed by atoms with Crippen molar-refractivity contribution in [1.82, 2.24) is 10.2 Å². The lowest BCUT2D eigenvalue weighted by Crippen LogP contribution is -2.36. The van der Waals surface area contributed by atoms with E-state index in [0.717, 1.165) is 13.0 Å². The summed E-state index contributed by atoms with van der Waals surface area (Å²) < 4.78 is 0. The summed E-state index contributed by atoms with van der Waals surface area (Å²) in [5.74, 6) is 0.543. The number of nitrogens with one attached hydrogen (secondary N) is 1. The molecule has 68 valence electrons. The van der Waals surface area contributed by atoms with Gasteiger partial charge in [-0.15, -0.1) is 0 Å². The molecule has 2 heterocycles. The van der Waals surface area contributed by atoms with Crippen LogP contribution in [0.25, 0.3) is 0 Å². The van der Waals surface area contributed by atoms with Gasteiger partial charge in [0.2, 0.25) is 0 Å². The van der Waals surface area contributed by atoms with Crippen molar-refractivity contribution in [3.05, 3.63) is 0 Å². The molecule has 0 aromatic carbocycles. The van der Waals surface area contributed by atoms with Crippen LogP contribution in [0.2, 0.25) is 0 Å². The molecule has 0 spiro atoms. The van der Waals surface area contributed by atoms with Crippen LogP contribution < -0.4 is 5.32 Å². The summed E-state index contributed by atoms with van der Waals surface area (Å²) in [6.45, 7) is 3.72. The number of carbonyl (C=O) groups is 1. The van der Waals surface area contributed by atoms with E-state index in [9.17, 15) is 4.79 Å². The topological polar surface area (TPSA) is 52.6 Å². The second-order valence-corrected chi connectivity index (χ2v) is 3.69. The van der Waals surface area contributed by atoms with Gasteiger partial charge < -0.3 is 15.3 Å². The molecule has 2 rings (SSSR count). The number of amides is 1. The normalized spacial score (nSPS) is 40.1. The molecule has 0 bridgehead atoms. The number of fused-ring (bicyclic) bond motifs is 1. The monoisotopic (exact) mass is 170 g/mol. The number of nitrogens with zero attached hydrogens (tertiary/aromatic N) is 1. The average molecular weight is 170 g/mol. The maximum Gasteiger partial charge on any atom is 0.407 e. The van der Waals surface area contributed by atoms with E-state index in [1.165, 1.54) is 0 Å². The van der Waals surface area contributed by atoms with Crippen molar-refractivity contribution in [2.45, 2.75) is 25.4 Å². The Morgan fingerprint density at radius 3 is 3.00 bits per heavy atom. The number of carboxylic acid groups (broad SMARTS) is 1. The second kappa shape index (κ2) is 2.62. The highest BCUT2D eigenvalue weighted by atomic mass is 16.4. The first-order valence-electron chi connectivity index (χ1n) is 4.43. The molecule has 2 aliphatic rings. The molecule has 1 amide bonds. The summed E-state index contributed by atoms with van der Waals surface area (Å²) in [4.78, 5) is 12.3. The first-order chi connectivity index (χ1) is 5.70. The van der Waals surface area contributed by atoms with E-state index in [2.05, 4.69) is 5.32 Å². The molecular weight excluding hydrogens is 156 g/mol. The van der Waals surface area contributed by atoms with E-state index in [-0.39, 0.29) is 6.04 Å². The lowest BCUT2D eigenvalue weighted by molar-refractivity contribution is 0.137. The molecule has 0 unspecified atom stereocenters. The molecule has 0 radical (unpaired) electrons. The molecule has 3 atom stereocenters. The first-order valence-corrected chi connectivity index (χ1v) is 4.43. The largest absolute Gasteiger partial charge is 0.465 e. The lowest BCUT2D eigenvalue weighted by atomic mass is 9.98. The highest BCUT2D eigenvalue weighted by Crippen LogP contribution is 2.30. The van der Waals surface area contributed by atoms with Crippen molar-refractivity contribution in [3.63, 3.8) is 0 Å². The molecule has 0 aromatic heterocycles. The van der Waals surface area contributed by atoms with Gasteiger partial charge in [-0.05, 0) is 25.8 Å². The van der Waals surface area contributed by atoms with Gasteiger partial charge in [-0.3, -0.25) is 0 Å². The molecule has 4 heteroatoms. The fourth-order valence-electron chi connectivity index (χ4n) is 2.43. The summed E-state index contributed by atoms with van der Waals surface area (Å²) >= 11 is 0. The third-order valence-corrected chi connectivity index (χ3v) is 3.15. The van der Waals surface area contributed by atoms with Crippen molar-refractivity contribution >= 4 is 6.09 Å². The van der Waals surface area contributed by atoms with Gasteiger partial charge in [0.15, 0.2) is 0 Å². The van der Waals surface area contributed by atoms with Crippen LogP contribution in [0.1, 0.15) is 13.3 Å². The van der Waals surface area contributed by atoms with Gasteiger partial charge in [-0.25, -0.2) is 4.79 Å². The lowest BCUT2D eigenvalue weighted by Gasteiger charge is -2.20. The summed E-state index contributed by atoms with van der Waals surface area (Å²) in [7, 11) is 0. The molecule has 0 aliphatic carbocycles. The van der Waals surface area contributed by atoms with E-state index in [1.807, 2.05) is 6.92 Å². The molecule has 2 fully saturated rings. The molecule has 2 aliphatic heterocycles. The zero-order chi connectivity index (χ0) is 8.72. The summed E-state index contributed by atoms with van der Waals surface area (Å²) in [5, 5.41) is 12.2. The quantitative estimate of drug-likeness (QED) is 0.551. The Morgan fingerprint density at radius 1 is 1.67 bits per heavy atom. The van der Waals surface area contributed by atoms with Crippen molar-refractivity contribution < 1.29 is 9.90 Å². The van der Waals surface area contributed by atoms with Crippen molar-refractivity contribution in [2.24, 2.45) is 5.92 Å². The molecular formula is C8H14N2O2. The summed E-state index contributed by atoms with van der Waals surface area (Å²) in [6, 6.07) is 0.610. The van der Waals surface area contributed by atoms with Crippen LogP contribution in [0.15, 0.2) is 0 Å². The predicted octanol–water partition coefficient (Wildman–Crippen LogP) is 0.347. The molecule has 4 nitrogen and oxygen atoms in total. The maximum absolute atomic E-state index is 10.7. The van der Waals surface area contributed by atoms with E-state index >= 15 is 0 Å². The van der Waals surface area contributed by atoms with E-state index in [0.29, 0.717) is 18.5 Å². The Kier molecular flexibility index (Phi) is 1.72. The van der Waals surface area contributed by atoms with Gasteiger partial charge in [0.25, 0.3) is 0 Å². The molecule has 0 aromatic rings. The summed E-state index contributed by atoms with van der Waals surface area (Å²) in [5.41, 5.74) is 0. The smallest absolute Gasteiger partial charge is 0.407 e. The Balaban J connectivity index is 2.10. The van der Waals surface area contributed by atoms with Crippen LogP contribution in [0.4, 0.5) is 4.79 Å². The van der Waals surface area contributed by atoms with E-state index < -0.39 is 6.09 Å². The van der Waals surface area contributed by atoms with Crippen LogP contribution in [-0.4, -0.2) is 41.3 Å². The number of likely N-dealkylation sites (tertiary alicyclic amines) is 1. The van der Waals surface area contributed by atoms with Crippen molar-refractivity contribution in [3.8, 4) is 0 Å². The van der Waals surface area contributed by atoms with Gasteiger partial charge in [0, 0.05) is 18.6 Å². The Hall–Kier alpha value is -0.770. The zero-order valence-corrected chi connectivity index (χ0v) is 7.16. The third kappa shape index (κ3) is 0.982. The fourth-order valence-corrected chi connectivity index (χ4v) is 2.43. The SMILES string of the molecule is C[C@H]1[C@H]2CCN[C@H]2CN1C(=O)O. The fraction of sp³-hybridized carbons (Fsp3) is 0.875. The first kappa shape index (κ1) is 7.86. The van der Waals surface area contributed by atoms with E-state index in [4.69, 9.17) is 5.11 Å². The number of rotatable bonds is 0. The molecule has 12 heavy (non-hydrogen) atoms. The summed E-state index contributed by atoms with van der Waals surface area (Å²) in [6.07, 6.45) is 0.342. The molecule has 2 N–H and O–H groups in total. The third-order valence-electron chi connectivity index (χ3n) is 3.15. The second-order valence-electron chi connectivity index (χ2n) is 3.69. The van der Waals surface area contributed by atoms with Gasteiger partial charge in [0.05, 0.1) is 0 Å². The standard InChI is InChI=1S/C8H14N2O2/c1-5-6-2-3-9-7(6)4-10(5)8(11)12/h5-7,9H,2-4H2,1H3,(H,11,12)/t5-,6+,7-/m0/s1. The Bertz CT molecular complexity index is 207. The van der Waals surface area contributed by atoms with Crippen LogP contribution >= 0.6 is 0 Å². The Labute approximate surface area is 71.5 Å². The maximum atomic E-state index is 10.7. The minimum absolute atomic E-state index is 0.197. The van der Waals surface area contributed by atoms with Gasteiger partial charge in [-0.1, -0.05) is 0 Å². The van der Waals surface area contributed by atoms with Crippen molar-refractivity contribution in [2.75, 3.05) is 13.1 Å². The number of hydrogen-bond donors (Lipinski definition) is 2. The van der Waals surface area contributed by atoms with Gasteiger partial charge in [-0.2, -0.15) is 0 Å².